The first kappa shape index (κ1) is 15.4. The van der Waals surface area contributed by atoms with Crippen LogP contribution in [0.4, 0.5) is 0 Å². The Balaban J connectivity index is 1.72. The Kier molecular flexibility index (Phi) is 6.42. The van der Waals surface area contributed by atoms with Gasteiger partial charge in [-0.05, 0) is 24.0 Å². The first-order valence-corrected chi connectivity index (χ1v) is 9.16. The molecule has 0 fully saturated rings. The highest BCUT2D eigenvalue weighted by atomic mass is 32.2. The fraction of sp³-hybridized carbons (Fsp3) is 0.286. The molecule has 2 rings (SSSR count). The maximum absolute atomic E-state index is 7.16. The minimum atomic E-state index is 0.195. The standard InChI is InChI=1S/C14H17N3S3/c15-13(16)18-8-5-11-1-3-12(4-2-11)6-9-19-14-17-7-10-20-14/h1-4,7,10H,5-6,8-9H2,(H3,15,16). The summed E-state index contributed by atoms with van der Waals surface area (Å²) in [6.07, 6.45) is 3.87. The van der Waals surface area contributed by atoms with Crippen molar-refractivity contribution in [2.24, 2.45) is 5.73 Å². The number of nitrogens with zero attached hydrogens (tertiary/aromatic N) is 1. The fourth-order valence-corrected chi connectivity index (χ4v) is 3.94. The zero-order chi connectivity index (χ0) is 14.2. The lowest BCUT2D eigenvalue weighted by atomic mass is 10.1. The molecule has 0 aliphatic carbocycles. The Morgan fingerprint density at radius 2 is 1.80 bits per heavy atom. The van der Waals surface area contributed by atoms with E-state index in [4.69, 9.17) is 11.1 Å². The Morgan fingerprint density at radius 3 is 2.35 bits per heavy atom. The molecule has 0 aliphatic heterocycles. The maximum Gasteiger partial charge on any atom is 0.151 e. The number of thiazole rings is 1. The number of nitrogens with one attached hydrogen (secondary N) is 1. The third-order valence-corrected chi connectivity index (χ3v) is 5.38. The summed E-state index contributed by atoms with van der Waals surface area (Å²) in [7, 11) is 0. The molecule has 3 N–H and O–H groups in total. The first-order chi connectivity index (χ1) is 9.74. The van der Waals surface area contributed by atoms with Gasteiger partial charge in [0, 0.05) is 23.1 Å². The molecular weight excluding hydrogens is 306 g/mol. The summed E-state index contributed by atoms with van der Waals surface area (Å²) in [5.74, 6) is 1.93. The first-order valence-electron chi connectivity index (χ1n) is 6.31. The van der Waals surface area contributed by atoms with Gasteiger partial charge in [0.1, 0.15) is 4.34 Å². The number of aromatic nitrogens is 1. The van der Waals surface area contributed by atoms with Crippen molar-refractivity contribution in [1.29, 1.82) is 5.41 Å². The number of nitrogens with two attached hydrogens (primary N) is 1. The van der Waals surface area contributed by atoms with Gasteiger partial charge in [0.2, 0.25) is 0 Å². The molecule has 0 unspecified atom stereocenters. The van der Waals surface area contributed by atoms with Crippen molar-refractivity contribution in [1.82, 2.24) is 4.98 Å². The molecule has 1 aromatic heterocycles. The Hall–Kier alpha value is -0.980. The summed E-state index contributed by atoms with van der Waals surface area (Å²) in [6.45, 7) is 0. The van der Waals surface area contributed by atoms with Crippen molar-refractivity contribution in [3.05, 3.63) is 47.0 Å². The van der Waals surface area contributed by atoms with E-state index in [0.717, 1.165) is 28.7 Å². The van der Waals surface area contributed by atoms with Crippen LogP contribution in [-0.2, 0) is 12.8 Å². The van der Waals surface area contributed by atoms with Crippen molar-refractivity contribution in [3.63, 3.8) is 0 Å². The molecule has 0 aliphatic rings. The van der Waals surface area contributed by atoms with Crippen molar-refractivity contribution < 1.29 is 0 Å². The topological polar surface area (TPSA) is 62.8 Å². The van der Waals surface area contributed by atoms with Gasteiger partial charge < -0.3 is 5.73 Å². The van der Waals surface area contributed by atoms with E-state index in [-0.39, 0.29) is 5.17 Å². The third kappa shape index (κ3) is 5.56. The van der Waals surface area contributed by atoms with E-state index in [1.165, 1.54) is 22.9 Å². The van der Waals surface area contributed by atoms with Crippen LogP contribution in [0.3, 0.4) is 0 Å². The van der Waals surface area contributed by atoms with Gasteiger partial charge in [0.15, 0.2) is 5.17 Å². The summed E-state index contributed by atoms with van der Waals surface area (Å²) in [4.78, 5) is 4.26. The van der Waals surface area contributed by atoms with Crippen LogP contribution in [0.2, 0.25) is 0 Å². The van der Waals surface area contributed by atoms with Gasteiger partial charge in [-0.2, -0.15) is 0 Å². The summed E-state index contributed by atoms with van der Waals surface area (Å²) in [5, 5.41) is 9.37. The summed E-state index contributed by atoms with van der Waals surface area (Å²) in [5.41, 5.74) is 7.97. The average molecular weight is 324 g/mol. The lowest BCUT2D eigenvalue weighted by molar-refractivity contribution is 1.11. The van der Waals surface area contributed by atoms with Gasteiger partial charge in [-0.3, -0.25) is 5.41 Å². The number of rotatable bonds is 7. The Bertz CT molecular complexity index is 523. The molecule has 1 aromatic carbocycles. The lowest BCUT2D eigenvalue weighted by Gasteiger charge is -2.04. The second-order valence-corrected chi connectivity index (χ2v) is 7.55. The Morgan fingerprint density at radius 1 is 1.15 bits per heavy atom. The molecule has 0 spiro atoms. The lowest BCUT2D eigenvalue weighted by Crippen LogP contribution is -2.05. The van der Waals surface area contributed by atoms with E-state index in [1.54, 1.807) is 11.3 Å². The summed E-state index contributed by atoms with van der Waals surface area (Å²) < 4.78 is 1.14. The van der Waals surface area contributed by atoms with Crippen LogP contribution in [0, 0.1) is 5.41 Å². The van der Waals surface area contributed by atoms with Gasteiger partial charge >= 0.3 is 0 Å². The monoisotopic (exact) mass is 323 g/mol. The van der Waals surface area contributed by atoms with E-state index < -0.39 is 0 Å². The average Bonchev–Trinajstić information content (AvgIpc) is 2.93. The van der Waals surface area contributed by atoms with E-state index in [9.17, 15) is 0 Å². The van der Waals surface area contributed by atoms with E-state index in [2.05, 4.69) is 29.2 Å². The highest BCUT2D eigenvalue weighted by Crippen LogP contribution is 2.21. The van der Waals surface area contributed by atoms with Crippen LogP contribution in [-0.4, -0.2) is 21.7 Å². The molecule has 0 saturated heterocycles. The number of hydrogen-bond donors (Lipinski definition) is 2. The SMILES string of the molecule is N=C(N)SCCc1ccc(CCSc2nccs2)cc1. The molecule has 0 saturated carbocycles. The van der Waals surface area contributed by atoms with Crippen LogP contribution in [0.5, 0.6) is 0 Å². The van der Waals surface area contributed by atoms with Gasteiger partial charge in [-0.1, -0.05) is 47.8 Å². The zero-order valence-corrected chi connectivity index (χ0v) is 13.5. The normalized spacial score (nSPS) is 10.6. The second kappa shape index (κ2) is 8.34. The molecule has 0 amide bonds. The molecule has 1 heterocycles. The zero-order valence-electron chi connectivity index (χ0n) is 11.0. The molecule has 0 bridgehead atoms. The molecule has 3 nitrogen and oxygen atoms in total. The molecule has 0 radical (unpaired) electrons. The highest BCUT2D eigenvalue weighted by molar-refractivity contribution is 8.13. The van der Waals surface area contributed by atoms with Crippen molar-refractivity contribution in [2.75, 3.05) is 11.5 Å². The smallest absolute Gasteiger partial charge is 0.151 e. The molecule has 2 aromatic rings. The molecule has 106 valence electrons. The largest absolute Gasteiger partial charge is 0.379 e. The van der Waals surface area contributed by atoms with Crippen molar-refractivity contribution in [2.45, 2.75) is 17.2 Å². The van der Waals surface area contributed by atoms with Crippen LogP contribution >= 0.6 is 34.9 Å². The molecule has 0 atom stereocenters. The number of aryl methyl sites for hydroxylation is 2. The predicted octanol–water partition coefficient (Wildman–Crippen LogP) is 3.65. The van der Waals surface area contributed by atoms with Crippen LogP contribution in [0.25, 0.3) is 0 Å². The Labute approximate surface area is 131 Å². The van der Waals surface area contributed by atoms with E-state index in [1.807, 2.05) is 23.3 Å². The number of hydrogen-bond acceptors (Lipinski definition) is 5. The quantitative estimate of drug-likeness (QED) is 0.464. The maximum atomic E-state index is 7.16. The van der Waals surface area contributed by atoms with Gasteiger partial charge in [-0.15, -0.1) is 11.3 Å². The fourth-order valence-electron chi connectivity index (χ4n) is 1.69. The summed E-state index contributed by atoms with van der Waals surface area (Å²) in [6, 6.07) is 8.72. The third-order valence-electron chi connectivity index (χ3n) is 2.70. The molecule has 6 heteroatoms. The van der Waals surface area contributed by atoms with Crippen LogP contribution in [0.1, 0.15) is 11.1 Å². The van der Waals surface area contributed by atoms with Crippen LogP contribution < -0.4 is 5.73 Å². The van der Waals surface area contributed by atoms with E-state index in [0.29, 0.717) is 0 Å². The highest BCUT2D eigenvalue weighted by Gasteiger charge is 1.99. The molecular formula is C14H17N3S3. The second-order valence-electron chi connectivity index (χ2n) is 4.18. The van der Waals surface area contributed by atoms with Crippen molar-refractivity contribution >= 4 is 40.0 Å². The number of thioether (sulfide) groups is 2. The molecule has 20 heavy (non-hydrogen) atoms. The number of amidine groups is 1. The number of benzene rings is 1. The van der Waals surface area contributed by atoms with Gasteiger partial charge in [0.25, 0.3) is 0 Å². The summed E-state index contributed by atoms with van der Waals surface area (Å²) >= 11 is 4.90. The van der Waals surface area contributed by atoms with Crippen molar-refractivity contribution in [3.8, 4) is 0 Å². The van der Waals surface area contributed by atoms with Gasteiger partial charge in [-0.25, -0.2) is 4.98 Å². The van der Waals surface area contributed by atoms with E-state index >= 15 is 0 Å². The van der Waals surface area contributed by atoms with Gasteiger partial charge in [0.05, 0.1) is 0 Å². The predicted molar refractivity (Wildman–Crippen MR) is 91.1 cm³/mol. The minimum absolute atomic E-state index is 0.195. The van der Waals surface area contributed by atoms with Crippen LogP contribution in [0.15, 0.2) is 40.2 Å². The minimum Gasteiger partial charge on any atom is -0.379 e.